The van der Waals surface area contributed by atoms with Gasteiger partial charge in [-0.05, 0) is 37.8 Å². The number of aliphatic carboxylic acids is 1. The monoisotopic (exact) mass is 331 g/mol. The summed E-state index contributed by atoms with van der Waals surface area (Å²) >= 11 is 0. The van der Waals surface area contributed by atoms with E-state index in [0.29, 0.717) is 42.9 Å². The van der Waals surface area contributed by atoms with E-state index in [4.69, 9.17) is 14.2 Å². The van der Waals surface area contributed by atoms with Crippen LogP contribution in [0.25, 0.3) is 0 Å². The number of rotatable bonds is 3. The van der Waals surface area contributed by atoms with Gasteiger partial charge in [-0.1, -0.05) is 0 Å². The zero-order chi connectivity index (χ0) is 17.5. The Kier molecular flexibility index (Phi) is 3.83. The third-order valence-corrected chi connectivity index (χ3v) is 4.91. The lowest BCUT2D eigenvalue weighted by molar-refractivity contribution is -0.143. The van der Waals surface area contributed by atoms with Crippen LogP contribution in [0.1, 0.15) is 45.1 Å². The van der Waals surface area contributed by atoms with Crippen molar-refractivity contribution in [1.82, 2.24) is 0 Å². The van der Waals surface area contributed by atoms with Crippen molar-refractivity contribution in [3.63, 3.8) is 0 Å². The number of hydrogen-bond donors (Lipinski definition) is 1. The number of carboxylic acids is 1. The first-order valence-corrected chi connectivity index (χ1v) is 8.05. The van der Waals surface area contributed by atoms with Crippen molar-refractivity contribution in [2.24, 2.45) is 5.92 Å². The van der Waals surface area contributed by atoms with Gasteiger partial charge >= 0.3 is 5.97 Å². The molecule has 1 aromatic carbocycles. The largest absolute Gasteiger partial charge is 0.493 e. The van der Waals surface area contributed by atoms with E-state index >= 15 is 0 Å². The molecule has 1 fully saturated rings. The average Bonchev–Trinajstić information content (AvgIpc) is 2.88. The fourth-order valence-corrected chi connectivity index (χ4v) is 3.59. The number of nitriles is 1. The Labute approximate surface area is 140 Å². The van der Waals surface area contributed by atoms with E-state index in [1.54, 1.807) is 27.0 Å². The molecule has 1 saturated carbocycles. The van der Waals surface area contributed by atoms with E-state index < -0.39 is 17.2 Å². The molecule has 24 heavy (non-hydrogen) atoms. The Bertz CT molecular complexity index is 711. The molecular weight excluding hydrogens is 310 g/mol. The van der Waals surface area contributed by atoms with Crippen LogP contribution in [0.15, 0.2) is 12.1 Å². The molecule has 3 rings (SSSR count). The van der Waals surface area contributed by atoms with Crippen molar-refractivity contribution in [3.05, 3.63) is 17.7 Å². The molecule has 1 N–H and O–H groups in total. The minimum atomic E-state index is -0.833. The number of nitrogens with zero attached hydrogens (tertiary/aromatic N) is 1. The molecule has 0 unspecified atom stereocenters. The van der Waals surface area contributed by atoms with Crippen LogP contribution in [0.3, 0.4) is 0 Å². The van der Waals surface area contributed by atoms with Gasteiger partial charge in [0, 0.05) is 19.4 Å². The van der Waals surface area contributed by atoms with Crippen molar-refractivity contribution in [3.8, 4) is 23.3 Å². The number of carboxylic acid groups (broad SMARTS) is 1. The molecule has 0 saturated heterocycles. The second-order valence-corrected chi connectivity index (χ2v) is 6.88. The highest BCUT2D eigenvalue weighted by atomic mass is 16.7. The van der Waals surface area contributed by atoms with Gasteiger partial charge in [0.05, 0.1) is 24.5 Å². The molecule has 0 spiro atoms. The second kappa shape index (κ2) is 5.59. The fraction of sp³-hybridized carbons (Fsp3) is 0.556. The van der Waals surface area contributed by atoms with Gasteiger partial charge in [-0.3, -0.25) is 4.79 Å². The van der Waals surface area contributed by atoms with Crippen LogP contribution in [0.5, 0.6) is 17.2 Å². The van der Waals surface area contributed by atoms with Crippen LogP contribution in [0.4, 0.5) is 0 Å². The smallest absolute Gasteiger partial charge is 0.306 e. The Morgan fingerprint density at radius 3 is 2.46 bits per heavy atom. The lowest BCUT2D eigenvalue weighted by Gasteiger charge is -2.34. The summed E-state index contributed by atoms with van der Waals surface area (Å²) in [4.78, 5) is 11.2. The Hall–Kier alpha value is -2.42. The fourth-order valence-electron chi connectivity index (χ4n) is 3.59. The predicted molar refractivity (Wildman–Crippen MR) is 85.2 cm³/mol. The van der Waals surface area contributed by atoms with Crippen molar-refractivity contribution >= 4 is 5.97 Å². The second-order valence-electron chi connectivity index (χ2n) is 6.88. The topological polar surface area (TPSA) is 88.8 Å². The zero-order valence-electron chi connectivity index (χ0n) is 14.1. The number of carbonyl (C=O) groups is 1. The maximum atomic E-state index is 11.2. The van der Waals surface area contributed by atoms with Gasteiger partial charge in [-0.25, -0.2) is 0 Å². The van der Waals surface area contributed by atoms with Crippen molar-refractivity contribution < 1.29 is 24.1 Å². The maximum Gasteiger partial charge on any atom is 0.306 e. The number of ether oxygens (including phenoxy) is 3. The first-order valence-electron chi connectivity index (χ1n) is 8.05. The lowest BCUT2D eigenvalue weighted by Crippen LogP contribution is -2.34. The first kappa shape index (κ1) is 16.4. The summed E-state index contributed by atoms with van der Waals surface area (Å²) < 4.78 is 17.1. The highest BCUT2D eigenvalue weighted by Crippen LogP contribution is 2.54. The highest BCUT2D eigenvalue weighted by molar-refractivity contribution is 5.70. The summed E-state index contributed by atoms with van der Waals surface area (Å²) in [5, 5.41) is 19.1. The van der Waals surface area contributed by atoms with E-state index in [-0.39, 0.29) is 5.92 Å². The molecule has 0 amide bonds. The van der Waals surface area contributed by atoms with Gasteiger partial charge in [0.25, 0.3) is 0 Å². The quantitative estimate of drug-likeness (QED) is 0.914. The summed E-state index contributed by atoms with van der Waals surface area (Å²) in [7, 11) is 1.56. The van der Waals surface area contributed by atoms with Crippen LogP contribution in [0.2, 0.25) is 0 Å². The summed E-state index contributed by atoms with van der Waals surface area (Å²) in [6, 6.07) is 6.04. The van der Waals surface area contributed by atoms with Gasteiger partial charge in [0.2, 0.25) is 11.5 Å². The molecule has 1 aliphatic heterocycles. The SMILES string of the molecule is COc1ccc(C2(C#N)CCC(C(=O)O)CC2)c2c1OC(C)(C)O2. The molecule has 1 aromatic rings. The third kappa shape index (κ3) is 2.54. The average molecular weight is 331 g/mol. The van der Waals surface area contributed by atoms with Crippen molar-refractivity contribution in [2.45, 2.75) is 50.7 Å². The molecular formula is C18H21NO5. The van der Waals surface area contributed by atoms with Crippen molar-refractivity contribution in [1.29, 1.82) is 5.26 Å². The van der Waals surface area contributed by atoms with Crippen molar-refractivity contribution in [2.75, 3.05) is 7.11 Å². The van der Waals surface area contributed by atoms with Gasteiger partial charge in [0.1, 0.15) is 0 Å². The van der Waals surface area contributed by atoms with Crippen LogP contribution in [-0.2, 0) is 10.2 Å². The number of hydrogen-bond acceptors (Lipinski definition) is 5. The molecule has 0 radical (unpaired) electrons. The molecule has 6 heteroatoms. The van der Waals surface area contributed by atoms with E-state index in [1.165, 1.54) is 0 Å². The van der Waals surface area contributed by atoms with Gasteiger partial charge in [-0.15, -0.1) is 0 Å². The predicted octanol–water partition coefficient (Wildman–Crippen LogP) is 3.24. The van der Waals surface area contributed by atoms with Gasteiger partial charge in [-0.2, -0.15) is 5.26 Å². The molecule has 2 aliphatic rings. The first-order chi connectivity index (χ1) is 11.3. The van der Waals surface area contributed by atoms with Gasteiger partial charge in [0.15, 0.2) is 11.5 Å². The summed E-state index contributed by atoms with van der Waals surface area (Å²) in [6.45, 7) is 3.60. The summed E-state index contributed by atoms with van der Waals surface area (Å²) in [6.07, 6.45) is 1.94. The lowest BCUT2D eigenvalue weighted by atomic mass is 9.67. The summed E-state index contributed by atoms with van der Waals surface area (Å²) in [5.41, 5.74) is 0.00160. The van der Waals surface area contributed by atoms with E-state index in [0.717, 1.165) is 5.56 Å². The minimum absolute atomic E-state index is 0.383. The minimum Gasteiger partial charge on any atom is -0.493 e. The van der Waals surface area contributed by atoms with Crippen LogP contribution >= 0.6 is 0 Å². The maximum absolute atomic E-state index is 11.2. The third-order valence-electron chi connectivity index (χ3n) is 4.91. The van der Waals surface area contributed by atoms with Gasteiger partial charge < -0.3 is 19.3 Å². The number of benzene rings is 1. The van der Waals surface area contributed by atoms with Crippen LogP contribution in [-0.4, -0.2) is 24.0 Å². The Morgan fingerprint density at radius 1 is 1.29 bits per heavy atom. The molecule has 1 heterocycles. The molecule has 1 aliphatic carbocycles. The van der Waals surface area contributed by atoms with E-state index in [9.17, 15) is 15.2 Å². The van der Waals surface area contributed by atoms with E-state index in [2.05, 4.69) is 6.07 Å². The number of methoxy groups -OCH3 is 1. The Morgan fingerprint density at radius 2 is 1.92 bits per heavy atom. The number of fused-ring (bicyclic) bond motifs is 1. The molecule has 0 atom stereocenters. The Balaban J connectivity index is 2.02. The van der Waals surface area contributed by atoms with Crippen LogP contribution < -0.4 is 14.2 Å². The molecule has 6 nitrogen and oxygen atoms in total. The highest BCUT2D eigenvalue weighted by Gasteiger charge is 2.45. The van der Waals surface area contributed by atoms with E-state index in [1.807, 2.05) is 6.07 Å². The summed E-state index contributed by atoms with van der Waals surface area (Å²) in [5.74, 6) is -0.398. The molecule has 128 valence electrons. The normalized spacial score (nSPS) is 27.3. The standard InChI is InChI=1S/C18H21NO5/c1-17(2)23-14-12(4-5-13(22-3)15(14)24-17)18(10-19)8-6-11(7-9-18)16(20)21/h4-5,11H,6-9H2,1-3H3,(H,20,21). The van der Waals surface area contributed by atoms with Crippen LogP contribution in [0, 0.1) is 17.2 Å². The zero-order valence-corrected chi connectivity index (χ0v) is 14.1. The molecule has 0 aromatic heterocycles. The molecule has 0 bridgehead atoms.